The molecule has 0 amide bonds. The van der Waals surface area contributed by atoms with Gasteiger partial charge in [0.25, 0.3) is 0 Å². The number of carboxylic acids is 1. The first-order chi connectivity index (χ1) is 8.86. The first-order valence-corrected chi connectivity index (χ1v) is 6.27. The summed E-state index contributed by atoms with van der Waals surface area (Å²) in [6, 6.07) is 4.74. The Morgan fingerprint density at radius 2 is 1.79 bits per heavy atom. The summed E-state index contributed by atoms with van der Waals surface area (Å²) < 4.78 is 38.1. The molecule has 2 rings (SSSR count). The van der Waals surface area contributed by atoms with Gasteiger partial charge in [0.2, 0.25) is 0 Å². The fraction of sp³-hybridized carbons (Fsp3) is 0.500. The SMILES string of the molecule is O=C(O)C1(c2cccc(C(F)(F)F)c2)CCCCC1. The van der Waals surface area contributed by atoms with Gasteiger partial charge in [0.05, 0.1) is 11.0 Å². The molecule has 0 atom stereocenters. The Hall–Kier alpha value is -1.52. The second kappa shape index (κ2) is 4.87. The van der Waals surface area contributed by atoms with Crippen LogP contribution in [0.15, 0.2) is 24.3 Å². The average molecular weight is 272 g/mol. The van der Waals surface area contributed by atoms with Crippen LogP contribution in [0.1, 0.15) is 43.2 Å². The van der Waals surface area contributed by atoms with Gasteiger partial charge in [0, 0.05) is 0 Å². The highest BCUT2D eigenvalue weighted by molar-refractivity contribution is 5.81. The fourth-order valence-electron chi connectivity index (χ4n) is 2.77. The van der Waals surface area contributed by atoms with Crippen LogP contribution < -0.4 is 0 Å². The quantitative estimate of drug-likeness (QED) is 0.883. The first kappa shape index (κ1) is 13.9. The molecule has 1 aromatic rings. The lowest BCUT2D eigenvalue weighted by Gasteiger charge is -2.34. The lowest BCUT2D eigenvalue weighted by molar-refractivity contribution is -0.145. The highest BCUT2D eigenvalue weighted by Crippen LogP contribution is 2.41. The number of carboxylic acid groups (broad SMARTS) is 1. The number of alkyl halides is 3. The molecule has 2 nitrogen and oxygen atoms in total. The Morgan fingerprint density at radius 3 is 2.32 bits per heavy atom. The summed E-state index contributed by atoms with van der Waals surface area (Å²) in [6.07, 6.45) is -1.21. The third-order valence-corrected chi connectivity index (χ3v) is 3.86. The predicted octanol–water partition coefficient (Wildman–Crippen LogP) is 3.99. The van der Waals surface area contributed by atoms with E-state index in [1.165, 1.54) is 12.1 Å². The van der Waals surface area contributed by atoms with E-state index in [-0.39, 0.29) is 5.56 Å². The third kappa shape index (κ3) is 2.60. The molecule has 0 heterocycles. The molecular weight excluding hydrogens is 257 g/mol. The van der Waals surface area contributed by atoms with Crippen LogP contribution in [0.3, 0.4) is 0 Å². The molecule has 104 valence electrons. The summed E-state index contributed by atoms with van der Waals surface area (Å²) in [7, 11) is 0. The molecule has 0 aliphatic heterocycles. The molecule has 0 bridgehead atoms. The zero-order chi connectivity index (χ0) is 14.1. The van der Waals surface area contributed by atoms with Crippen LogP contribution in [0.5, 0.6) is 0 Å². The van der Waals surface area contributed by atoms with E-state index in [4.69, 9.17) is 0 Å². The molecule has 1 fully saturated rings. The third-order valence-electron chi connectivity index (χ3n) is 3.86. The Morgan fingerprint density at radius 1 is 1.16 bits per heavy atom. The van der Waals surface area contributed by atoms with Crippen LogP contribution in [0, 0.1) is 0 Å². The topological polar surface area (TPSA) is 37.3 Å². The Bertz CT molecular complexity index is 474. The van der Waals surface area contributed by atoms with Gasteiger partial charge in [0.15, 0.2) is 0 Å². The van der Waals surface area contributed by atoms with Gasteiger partial charge in [-0.05, 0) is 24.5 Å². The maximum Gasteiger partial charge on any atom is 0.416 e. The van der Waals surface area contributed by atoms with E-state index in [0.29, 0.717) is 12.8 Å². The maximum atomic E-state index is 12.7. The number of hydrogen-bond acceptors (Lipinski definition) is 1. The minimum Gasteiger partial charge on any atom is -0.481 e. The summed E-state index contributed by atoms with van der Waals surface area (Å²) in [5.74, 6) is -1.02. The molecule has 1 N–H and O–H groups in total. The van der Waals surface area contributed by atoms with Crippen molar-refractivity contribution in [2.75, 3.05) is 0 Å². The lowest BCUT2D eigenvalue weighted by Crippen LogP contribution is -2.38. The highest BCUT2D eigenvalue weighted by Gasteiger charge is 2.42. The number of carbonyl (C=O) groups is 1. The van der Waals surface area contributed by atoms with Crippen LogP contribution in [-0.4, -0.2) is 11.1 Å². The van der Waals surface area contributed by atoms with Crippen molar-refractivity contribution in [1.29, 1.82) is 0 Å². The molecule has 0 unspecified atom stereocenters. The average Bonchev–Trinajstić information content (AvgIpc) is 2.38. The molecule has 1 aliphatic rings. The molecule has 0 spiro atoms. The standard InChI is InChI=1S/C14H15F3O2/c15-14(16,17)11-6-4-5-10(9-11)13(12(18)19)7-2-1-3-8-13/h4-6,9H,1-3,7-8H2,(H,18,19). The lowest BCUT2D eigenvalue weighted by atomic mass is 9.69. The second-order valence-corrected chi connectivity index (χ2v) is 5.03. The number of benzene rings is 1. The van der Waals surface area contributed by atoms with E-state index >= 15 is 0 Å². The van der Waals surface area contributed by atoms with E-state index < -0.39 is 23.1 Å². The van der Waals surface area contributed by atoms with Crippen LogP contribution in [-0.2, 0) is 16.4 Å². The van der Waals surface area contributed by atoms with Crippen LogP contribution in [0.25, 0.3) is 0 Å². The largest absolute Gasteiger partial charge is 0.481 e. The maximum absolute atomic E-state index is 12.7. The zero-order valence-electron chi connectivity index (χ0n) is 10.3. The molecule has 0 saturated heterocycles. The smallest absolute Gasteiger partial charge is 0.416 e. The number of halogens is 3. The minimum atomic E-state index is -4.44. The van der Waals surface area contributed by atoms with Crippen LogP contribution >= 0.6 is 0 Å². The second-order valence-electron chi connectivity index (χ2n) is 5.03. The van der Waals surface area contributed by atoms with Gasteiger partial charge in [-0.1, -0.05) is 37.5 Å². The number of rotatable bonds is 2. The van der Waals surface area contributed by atoms with Gasteiger partial charge >= 0.3 is 12.1 Å². The van der Waals surface area contributed by atoms with E-state index in [1.807, 2.05) is 0 Å². The predicted molar refractivity (Wildman–Crippen MR) is 63.8 cm³/mol. The summed E-state index contributed by atoms with van der Waals surface area (Å²) in [4.78, 5) is 11.6. The van der Waals surface area contributed by atoms with Crippen molar-refractivity contribution in [2.24, 2.45) is 0 Å². The van der Waals surface area contributed by atoms with Crippen LogP contribution in [0.4, 0.5) is 13.2 Å². The molecule has 0 radical (unpaired) electrons. The minimum absolute atomic E-state index is 0.273. The summed E-state index contributed by atoms with van der Waals surface area (Å²) in [6.45, 7) is 0. The van der Waals surface area contributed by atoms with Gasteiger partial charge in [-0.25, -0.2) is 0 Å². The Kier molecular flexibility index (Phi) is 3.56. The molecule has 19 heavy (non-hydrogen) atoms. The molecule has 1 saturated carbocycles. The molecular formula is C14H15F3O2. The van der Waals surface area contributed by atoms with Crippen molar-refractivity contribution < 1.29 is 23.1 Å². The summed E-state index contributed by atoms with van der Waals surface area (Å²) in [5.41, 5.74) is -1.66. The van der Waals surface area contributed by atoms with Gasteiger partial charge in [-0.3, -0.25) is 4.79 Å². The van der Waals surface area contributed by atoms with Crippen molar-refractivity contribution in [3.05, 3.63) is 35.4 Å². The van der Waals surface area contributed by atoms with Crippen molar-refractivity contribution in [2.45, 2.75) is 43.7 Å². The summed E-state index contributed by atoms with van der Waals surface area (Å²) >= 11 is 0. The molecule has 0 aromatic heterocycles. The molecule has 1 aliphatic carbocycles. The first-order valence-electron chi connectivity index (χ1n) is 6.27. The van der Waals surface area contributed by atoms with Gasteiger partial charge in [-0.15, -0.1) is 0 Å². The van der Waals surface area contributed by atoms with Gasteiger partial charge in [0.1, 0.15) is 0 Å². The highest BCUT2D eigenvalue weighted by atomic mass is 19.4. The number of aliphatic carboxylic acids is 1. The fourth-order valence-corrected chi connectivity index (χ4v) is 2.77. The molecule has 5 heteroatoms. The van der Waals surface area contributed by atoms with Gasteiger partial charge in [-0.2, -0.15) is 13.2 Å². The van der Waals surface area contributed by atoms with Crippen molar-refractivity contribution in [1.82, 2.24) is 0 Å². The van der Waals surface area contributed by atoms with E-state index in [2.05, 4.69) is 0 Å². The number of hydrogen-bond donors (Lipinski definition) is 1. The Labute approximate surface area is 109 Å². The monoisotopic (exact) mass is 272 g/mol. The zero-order valence-corrected chi connectivity index (χ0v) is 10.3. The van der Waals surface area contributed by atoms with Crippen molar-refractivity contribution in [3.63, 3.8) is 0 Å². The van der Waals surface area contributed by atoms with E-state index in [9.17, 15) is 23.1 Å². The molecule has 1 aromatic carbocycles. The summed E-state index contributed by atoms with van der Waals surface area (Å²) in [5, 5.41) is 9.45. The van der Waals surface area contributed by atoms with Crippen LogP contribution in [0.2, 0.25) is 0 Å². The van der Waals surface area contributed by atoms with Crippen molar-refractivity contribution >= 4 is 5.97 Å². The van der Waals surface area contributed by atoms with Gasteiger partial charge < -0.3 is 5.11 Å². The van der Waals surface area contributed by atoms with Crippen molar-refractivity contribution in [3.8, 4) is 0 Å². The van der Waals surface area contributed by atoms with E-state index in [0.717, 1.165) is 31.4 Å². The normalized spacial score (nSPS) is 19.1. The Balaban J connectivity index is 2.46. The van der Waals surface area contributed by atoms with E-state index in [1.54, 1.807) is 0 Å².